The van der Waals surface area contributed by atoms with Gasteiger partial charge in [0.05, 0.1) is 0 Å². The van der Waals surface area contributed by atoms with Crippen LogP contribution in [-0.2, 0) is 0 Å². The first-order chi connectivity index (χ1) is 7.66. The largest absolute Gasteiger partial charge is 0.301 e. The predicted molar refractivity (Wildman–Crippen MR) is 67.7 cm³/mol. The molecule has 16 heavy (non-hydrogen) atoms. The Labute approximate surface area is 98.7 Å². The Bertz CT molecular complexity index is 321. The van der Waals surface area contributed by atoms with E-state index in [1.54, 1.807) is 0 Å². The Morgan fingerprint density at radius 2 is 1.94 bits per heavy atom. The molecule has 0 N–H and O–H groups in total. The quantitative estimate of drug-likeness (QED) is 0.758. The van der Waals surface area contributed by atoms with Crippen molar-refractivity contribution in [1.29, 1.82) is 0 Å². The van der Waals surface area contributed by atoms with Gasteiger partial charge in [0.25, 0.3) is 0 Å². The van der Waals surface area contributed by atoms with Gasteiger partial charge in [0.15, 0.2) is 0 Å². The number of piperidine rings is 1. The highest BCUT2D eigenvalue weighted by Gasteiger charge is 2.22. The van der Waals surface area contributed by atoms with Crippen LogP contribution in [0.5, 0.6) is 0 Å². The maximum Gasteiger partial charge on any atom is 0.0435 e. The lowest BCUT2D eigenvalue weighted by Crippen LogP contribution is -2.37. The minimum absolute atomic E-state index is 0.676. The van der Waals surface area contributed by atoms with Gasteiger partial charge in [-0.3, -0.25) is 4.98 Å². The van der Waals surface area contributed by atoms with Crippen LogP contribution < -0.4 is 0 Å². The lowest BCUT2D eigenvalue weighted by atomic mass is 9.92. The molecular formula is C14H22N2. The van der Waals surface area contributed by atoms with Crippen molar-refractivity contribution in [3.8, 4) is 0 Å². The Hall–Kier alpha value is -0.890. The molecule has 0 unspecified atom stereocenters. The zero-order chi connectivity index (χ0) is 11.5. The van der Waals surface area contributed by atoms with Crippen molar-refractivity contribution in [2.45, 2.75) is 45.6 Å². The maximum atomic E-state index is 4.55. The molecule has 0 radical (unpaired) electrons. The molecule has 88 valence electrons. The van der Waals surface area contributed by atoms with E-state index in [0.29, 0.717) is 12.0 Å². The zero-order valence-corrected chi connectivity index (χ0v) is 10.6. The molecule has 2 heterocycles. The fourth-order valence-electron chi connectivity index (χ4n) is 2.43. The monoisotopic (exact) mass is 218 g/mol. The molecule has 1 aliphatic heterocycles. The number of nitrogens with zero attached hydrogens (tertiary/aromatic N) is 2. The number of rotatable bonds is 2. The summed E-state index contributed by atoms with van der Waals surface area (Å²) in [5.41, 5.74) is 2.54. The summed E-state index contributed by atoms with van der Waals surface area (Å²) in [4.78, 5) is 7.11. The molecule has 0 aliphatic carbocycles. The van der Waals surface area contributed by atoms with Gasteiger partial charge in [0, 0.05) is 23.9 Å². The molecule has 1 saturated heterocycles. The van der Waals surface area contributed by atoms with Crippen molar-refractivity contribution >= 4 is 0 Å². The molecule has 2 heteroatoms. The first kappa shape index (κ1) is 11.6. The summed E-state index contributed by atoms with van der Waals surface area (Å²) in [6.07, 6.45) is 4.51. The van der Waals surface area contributed by atoms with Crippen LogP contribution in [0.25, 0.3) is 0 Å². The normalized spacial score (nSPS) is 19.2. The Kier molecular flexibility index (Phi) is 3.59. The topological polar surface area (TPSA) is 16.1 Å². The fourth-order valence-corrected chi connectivity index (χ4v) is 2.43. The summed E-state index contributed by atoms with van der Waals surface area (Å²) in [5, 5.41) is 0. The lowest BCUT2D eigenvalue weighted by molar-refractivity contribution is 0.171. The average molecular weight is 218 g/mol. The molecule has 1 fully saturated rings. The Morgan fingerprint density at radius 1 is 1.25 bits per heavy atom. The standard InChI is InChI=1S/C14H22N2/c1-11(2)16-8-6-13(7-9-16)14-5-4-12(3)10-15-14/h4-5,10-11,13H,6-9H2,1-3H3. The summed E-state index contributed by atoms with van der Waals surface area (Å²) in [7, 11) is 0. The van der Waals surface area contributed by atoms with E-state index in [1.165, 1.54) is 37.2 Å². The summed E-state index contributed by atoms with van der Waals surface area (Å²) in [6, 6.07) is 5.06. The summed E-state index contributed by atoms with van der Waals surface area (Å²) in [6.45, 7) is 9.10. The lowest BCUT2D eigenvalue weighted by Gasteiger charge is -2.34. The molecule has 0 aromatic carbocycles. The van der Waals surface area contributed by atoms with Gasteiger partial charge in [-0.15, -0.1) is 0 Å². The second-order valence-electron chi connectivity index (χ2n) is 5.16. The van der Waals surface area contributed by atoms with Gasteiger partial charge in [-0.2, -0.15) is 0 Å². The van der Waals surface area contributed by atoms with E-state index in [1.807, 2.05) is 6.20 Å². The highest BCUT2D eigenvalue weighted by atomic mass is 15.1. The summed E-state index contributed by atoms with van der Waals surface area (Å²) in [5.74, 6) is 0.676. The average Bonchev–Trinajstić information content (AvgIpc) is 2.30. The van der Waals surface area contributed by atoms with Gasteiger partial charge < -0.3 is 4.90 Å². The smallest absolute Gasteiger partial charge is 0.0435 e. The summed E-state index contributed by atoms with van der Waals surface area (Å²) >= 11 is 0. The Balaban J connectivity index is 1.96. The number of hydrogen-bond acceptors (Lipinski definition) is 2. The van der Waals surface area contributed by atoms with Crippen LogP contribution in [-0.4, -0.2) is 29.0 Å². The molecule has 0 bridgehead atoms. The van der Waals surface area contributed by atoms with Crippen LogP contribution in [0.15, 0.2) is 18.3 Å². The van der Waals surface area contributed by atoms with Gasteiger partial charge in [0.1, 0.15) is 0 Å². The molecule has 2 nitrogen and oxygen atoms in total. The molecular weight excluding hydrogens is 196 g/mol. The van der Waals surface area contributed by atoms with Crippen molar-refractivity contribution in [3.05, 3.63) is 29.6 Å². The van der Waals surface area contributed by atoms with E-state index >= 15 is 0 Å². The van der Waals surface area contributed by atoms with E-state index < -0.39 is 0 Å². The van der Waals surface area contributed by atoms with Gasteiger partial charge >= 0.3 is 0 Å². The highest BCUT2D eigenvalue weighted by Crippen LogP contribution is 2.27. The van der Waals surface area contributed by atoms with Crippen LogP contribution in [0, 0.1) is 6.92 Å². The molecule has 0 atom stereocenters. The summed E-state index contributed by atoms with van der Waals surface area (Å²) < 4.78 is 0. The van der Waals surface area contributed by atoms with E-state index in [4.69, 9.17) is 0 Å². The number of aromatic nitrogens is 1. The highest BCUT2D eigenvalue weighted by molar-refractivity contribution is 5.16. The van der Waals surface area contributed by atoms with Crippen molar-refractivity contribution in [3.63, 3.8) is 0 Å². The molecule has 1 aromatic heterocycles. The van der Waals surface area contributed by atoms with Crippen molar-refractivity contribution in [2.75, 3.05) is 13.1 Å². The molecule has 1 aromatic rings. The minimum atomic E-state index is 0.676. The Morgan fingerprint density at radius 3 is 2.44 bits per heavy atom. The van der Waals surface area contributed by atoms with E-state index in [9.17, 15) is 0 Å². The van der Waals surface area contributed by atoms with Crippen LogP contribution in [0.4, 0.5) is 0 Å². The van der Waals surface area contributed by atoms with Gasteiger partial charge in [-0.1, -0.05) is 6.07 Å². The van der Waals surface area contributed by atoms with E-state index in [0.717, 1.165) is 0 Å². The van der Waals surface area contributed by atoms with Crippen molar-refractivity contribution < 1.29 is 0 Å². The zero-order valence-electron chi connectivity index (χ0n) is 10.6. The van der Waals surface area contributed by atoms with Crippen LogP contribution in [0.1, 0.15) is 43.9 Å². The molecule has 0 saturated carbocycles. The van der Waals surface area contributed by atoms with Crippen LogP contribution >= 0.6 is 0 Å². The molecule has 2 rings (SSSR count). The van der Waals surface area contributed by atoms with Crippen molar-refractivity contribution in [2.24, 2.45) is 0 Å². The third kappa shape index (κ3) is 2.62. The van der Waals surface area contributed by atoms with E-state index in [-0.39, 0.29) is 0 Å². The van der Waals surface area contributed by atoms with Gasteiger partial charge in [0.2, 0.25) is 0 Å². The molecule has 1 aliphatic rings. The third-order valence-corrected chi connectivity index (χ3v) is 3.61. The SMILES string of the molecule is Cc1ccc(C2CCN(C(C)C)CC2)nc1. The first-order valence-corrected chi connectivity index (χ1v) is 6.33. The maximum absolute atomic E-state index is 4.55. The molecule has 0 amide bonds. The third-order valence-electron chi connectivity index (χ3n) is 3.61. The molecule has 0 spiro atoms. The van der Waals surface area contributed by atoms with Crippen LogP contribution in [0.2, 0.25) is 0 Å². The van der Waals surface area contributed by atoms with E-state index in [2.05, 4.69) is 42.8 Å². The fraction of sp³-hybridized carbons (Fsp3) is 0.643. The van der Waals surface area contributed by atoms with Crippen molar-refractivity contribution in [1.82, 2.24) is 9.88 Å². The number of likely N-dealkylation sites (tertiary alicyclic amines) is 1. The number of aryl methyl sites for hydroxylation is 1. The second kappa shape index (κ2) is 4.96. The van der Waals surface area contributed by atoms with Crippen LogP contribution in [0.3, 0.4) is 0 Å². The minimum Gasteiger partial charge on any atom is -0.301 e. The second-order valence-corrected chi connectivity index (χ2v) is 5.16. The first-order valence-electron chi connectivity index (χ1n) is 6.33. The number of hydrogen-bond donors (Lipinski definition) is 0. The van der Waals surface area contributed by atoms with Gasteiger partial charge in [-0.25, -0.2) is 0 Å². The predicted octanol–water partition coefficient (Wildman–Crippen LogP) is 2.98. The van der Waals surface area contributed by atoms with Gasteiger partial charge in [-0.05, 0) is 58.3 Å². The number of pyridine rings is 1.